The normalized spacial score (nSPS) is 13.5. The number of aryl methyl sites for hydroxylation is 1. The number of alkyl halides is 3. The highest BCUT2D eigenvalue weighted by Gasteiger charge is 2.30. The van der Waals surface area contributed by atoms with Crippen LogP contribution in [0.4, 0.5) is 13.2 Å². The Bertz CT molecular complexity index is 913. The Morgan fingerprint density at radius 2 is 1.75 bits per heavy atom. The largest absolute Gasteiger partial charge is 0.416 e. The molecule has 1 heterocycles. The van der Waals surface area contributed by atoms with E-state index < -0.39 is 11.7 Å². The molecule has 1 atom stereocenters. The summed E-state index contributed by atoms with van der Waals surface area (Å²) in [6.45, 7) is 3.80. The minimum absolute atomic E-state index is 0.174. The molecule has 1 aromatic heterocycles. The molecule has 126 valence electrons. The highest BCUT2D eigenvalue weighted by molar-refractivity contribution is 6.36. The third kappa shape index (κ3) is 3.01. The van der Waals surface area contributed by atoms with Gasteiger partial charge in [-0.2, -0.15) is 13.2 Å². The maximum Gasteiger partial charge on any atom is 0.416 e. The Labute approximate surface area is 147 Å². The zero-order valence-corrected chi connectivity index (χ0v) is 14.4. The molecule has 1 unspecified atom stereocenters. The molecule has 0 saturated carbocycles. The lowest BCUT2D eigenvalue weighted by molar-refractivity contribution is -0.137. The molecule has 2 aromatic carbocycles. The summed E-state index contributed by atoms with van der Waals surface area (Å²) in [6.07, 6.45) is -4.37. The molecular weight excluding hydrogens is 358 g/mol. The molecule has 0 aliphatic heterocycles. The second-order valence-corrected chi connectivity index (χ2v) is 6.62. The van der Waals surface area contributed by atoms with E-state index in [1.54, 1.807) is 6.07 Å². The van der Waals surface area contributed by atoms with E-state index >= 15 is 0 Å². The van der Waals surface area contributed by atoms with Gasteiger partial charge < -0.3 is 4.98 Å². The van der Waals surface area contributed by atoms with E-state index in [1.165, 1.54) is 6.07 Å². The molecule has 0 aliphatic rings. The van der Waals surface area contributed by atoms with Crippen molar-refractivity contribution in [2.75, 3.05) is 0 Å². The highest BCUT2D eigenvalue weighted by Crippen LogP contribution is 2.38. The number of aromatic amines is 1. The zero-order chi connectivity index (χ0) is 17.6. The van der Waals surface area contributed by atoms with E-state index in [1.807, 2.05) is 26.0 Å². The molecule has 24 heavy (non-hydrogen) atoms. The Balaban J connectivity index is 2.08. The molecule has 6 heteroatoms. The predicted molar refractivity (Wildman–Crippen MR) is 92.0 cm³/mol. The van der Waals surface area contributed by atoms with Gasteiger partial charge in [0.05, 0.1) is 5.56 Å². The van der Waals surface area contributed by atoms with Gasteiger partial charge in [-0.3, -0.25) is 0 Å². The van der Waals surface area contributed by atoms with Gasteiger partial charge in [-0.05, 0) is 47.7 Å². The van der Waals surface area contributed by atoms with Crippen molar-refractivity contribution in [3.63, 3.8) is 0 Å². The Hall–Kier alpha value is -1.65. The number of nitrogens with one attached hydrogen (secondary N) is 1. The van der Waals surface area contributed by atoms with Crippen LogP contribution in [0.25, 0.3) is 10.9 Å². The second kappa shape index (κ2) is 6.01. The molecule has 0 aliphatic carbocycles. The van der Waals surface area contributed by atoms with Crippen molar-refractivity contribution in [1.29, 1.82) is 0 Å². The Morgan fingerprint density at radius 1 is 1.04 bits per heavy atom. The van der Waals surface area contributed by atoms with Gasteiger partial charge in [-0.25, -0.2) is 0 Å². The number of rotatable bonds is 2. The predicted octanol–water partition coefficient (Wildman–Crippen LogP) is 6.95. The third-order valence-corrected chi connectivity index (χ3v) is 5.02. The molecule has 0 radical (unpaired) electrons. The lowest BCUT2D eigenvalue weighted by Gasteiger charge is -2.15. The monoisotopic (exact) mass is 371 g/mol. The van der Waals surface area contributed by atoms with Crippen LogP contribution in [0, 0.1) is 6.92 Å². The topological polar surface area (TPSA) is 15.8 Å². The quantitative estimate of drug-likeness (QED) is 0.501. The molecule has 0 saturated heterocycles. The van der Waals surface area contributed by atoms with Crippen molar-refractivity contribution in [3.05, 3.63) is 68.8 Å². The van der Waals surface area contributed by atoms with Crippen molar-refractivity contribution in [1.82, 2.24) is 4.98 Å². The van der Waals surface area contributed by atoms with Crippen LogP contribution in [0.3, 0.4) is 0 Å². The minimum atomic E-state index is -4.37. The SMILES string of the molecule is Cc1ccc(Cl)c(C(C)c2cc3ccc(C(F)(F)F)cc3[nH]2)c1Cl. The van der Waals surface area contributed by atoms with E-state index in [2.05, 4.69) is 4.98 Å². The van der Waals surface area contributed by atoms with Gasteiger partial charge in [0.15, 0.2) is 0 Å². The Morgan fingerprint density at radius 3 is 2.42 bits per heavy atom. The summed E-state index contributed by atoms with van der Waals surface area (Å²) in [5.41, 5.74) is 2.19. The molecule has 1 nitrogen and oxygen atoms in total. The summed E-state index contributed by atoms with van der Waals surface area (Å²) in [5.74, 6) is -0.174. The molecule has 3 rings (SSSR count). The van der Waals surface area contributed by atoms with Crippen molar-refractivity contribution < 1.29 is 13.2 Å². The molecule has 1 N–H and O–H groups in total. The van der Waals surface area contributed by atoms with E-state index in [0.29, 0.717) is 20.9 Å². The molecule has 3 aromatic rings. The first kappa shape index (κ1) is 17.2. The van der Waals surface area contributed by atoms with Crippen LogP contribution in [0.5, 0.6) is 0 Å². The molecular formula is C18H14Cl2F3N. The van der Waals surface area contributed by atoms with E-state index in [4.69, 9.17) is 23.2 Å². The average molecular weight is 372 g/mol. The van der Waals surface area contributed by atoms with Gasteiger partial charge in [0, 0.05) is 27.2 Å². The average Bonchev–Trinajstić information content (AvgIpc) is 2.93. The van der Waals surface area contributed by atoms with Gasteiger partial charge in [0.25, 0.3) is 0 Å². The molecule has 0 spiro atoms. The lowest BCUT2D eigenvalue weighted by atomic mass is 9.96. The van der Waals surface area contributed by atoms with E-state index in [0.717, 1.165) is 29.0 Å². The summed E-state index contributed by atoms with van der Waals surface area (Å²) < 4.78 is 38.5. The molecule has 0 amide bonds. The fourth-order valence-electron chi connectivity index (χ4n) is 2.79. The van der Waals surface area contributed by atoms with Gasteiger partial charge in [0.2, 0.25) is 0 Å². The number of benzene rings is 2. The summed E-state index contributed by atoms with van der Waals surface area (Å²) in [5, 5.41) is 1.82. The number of H-pyrrole nitrogens is 1. The van der Waals surface area contributed by atoms with Crippen LogP contribution < -0.4 is 0 Å². The maximum absolute atomic E-state index is 12.8. The van der Waals surface area contributed by atoms with Crippen molar-refractivity contribution >= 4 is 34.1 Å². The number of hydrogen-bond acceptors (Lipinski definition) is 0. The lowest BCUT2D eigenvalue weighted by Crippen LogP contribution is -2.04. The first-order chi connectivity index (χ1) is 11.2. The third-order valence-electron chi connectivity index (χ3n) is 4.19. The van der Waals surface area contributed by atoms with Gasteiger partial charge >= 0.3 is 6.18 Å². The van der Waals surface area contributed by atoms with Gasteiger partial charge in [-0.1, -0.05) is 42.3 Å². The highest BCUT2D eigenvalue weighted by atomic mass is 35.5. The summed E-state index contributed by atoms with van der Waals surface area (Å²) in [7, 11) is 0. The van der Waals surface area contributed by atoms with Crippen LogP contribution in [0.2, 0.25) is 10.0 Å². The number of halogens is 5. The van der Waals surface area contributed by atoms with Gasteiger partial charge in [0.1, 0.15) is 0 Å². The van der Waals surface area contributed by atoms with Crippen LogP contribution >= 0.6 is 23.2 Å². The van der Waals surface area contributed by atoms with Crippen LogP contribution in [-0.4, -0.2) is 4.98 Å². The number of hydrogen-bond donors (Lipinski definition) is 1. The van der Waals surface area contributed by atoms with E-state index in [9.17, 15) is 13.2 Å². The fraction of sp³-hybridized carbons (Fsp3) is 0.222. The fourth-order valence-corrected chi connectivity index (χ4v) is 3.49. The van der Waals surface area contributed by atoms with Crippen LogP contribution in [0.15, 0.2) is 36.4 Å². The van der Waals surface area contributed by atoms with Crippen molar-refractivity contribution in [3.8, 4) is 0 Å². The molecule has 0 fully saturated rings. The minimum Gasteiger partial charge on any atom is -0.358 e. The standard InChI is InChI=1S/C18H14Cl2F3N/c1-9-3-6-13(19)16(17(9)20)10(2)14-7-11-4-5-12(18(21,22)23)8-15(11)24-14/h3-8,10,24H,1-2H3. The first-order valence-electron chi connectivity index (χ1n) is 7.33. The van der Waals surface area contributed by atoms with E-state index in [-0.39, 0.29) is 5.92 Å². The van der Waals surface area contributed by atoms with Crippen molar-refractivity contribution in [2.24, 2.45) is 0 Å². The summed E-state index contributed by atoms with van der Waals surface area (Å²) >= 11 is 12.7. The molecule has 0 bridgehead atoms. The number of aromatic nitrogens is 1. The summed E-state index contributed by atoms with van der Waals surface area (Å²) in [6, 6.07) is 9.10. The maximum atomic E-state index is 12.8. The zero-order valence-electron chi connectivity index (χ0n) is 12.9. The van der Waals surface area contributed by atoms with Gasteiger partial charge in [-0.15, -0.1) is 0 Å². The smallest absolute Gasteiger partial charge is 0.358 e. The number of fused-ring (bicyclic) bond motifs is 1. The Kier molecular flexibility index (Phi) is 4.30. The van der Waals surface area contributed by atoms with Crippen molar-refractivity contribution in [2.45, 2.75) is 25.9 Å². The summed E-state index contributed by atoms with van der Waals surface area (Å²) in [4.78, 5) is 3.06. The second-order valence-electron chi connectivity index (χ2n) is 5.84. The van der Waals surface area contributed by atoms with Crippen LogP contribution in [-0.2, 0) is 6.18 Å². The first-order valence-corrected chi connectivity index (χ1v) is 8.08. The van der Waals surface area contributed by atoms with Crippen LogP contribution in [0.1, 0.15) is 35.2 Å².